The summed E-state index contributed by atoms with van der Waals surface area (Å²) in [5, 5.41) is 4.52. The average molecular weight is 527 g/mol. The maximum Gasteiger partial charge on any atom is 0.343 e. The second-order valence-corrected chi connectivity index (χ2v) is 9.56. The largest absolute Gasteiger partial charge is 0.462 e. The van der Waals surface area contributed by atoms with Gasteiger partial charge in [0, 0.05) is 50.3 Å². The molecule has 10 heteroatoms. The van der Waals surface area contributed by atoms with Crippen molar-refractivity contribution in [3.05, 3.63) is 78.2 Å². The van der Waals surface area contributed by atoms with E-state index in [0.717, 1.165) is 28.3 Å². The Morgan fingerprint density at radius 2 is 1.97 bits per heavy atom. The molecule has 0 spiro atoms. The zero-order chi connectivity index (χ0) is 26.9. The molecule has 6 rings (SSSR count). The number of ether oxygens (including phenoxy) is 3. The molecule has 0 aliphatic carbocycles. The van der Waals surface area contributed by atoms with Crippen LogP contribution in [0.5, 0.6) is 0 Å². The lowest BCUT2D eigenvalue weighted by atomic mass is 10.1. The van der Waals surface area contributed by atoms with Gasteiger partial charge in [0.2, 0.25) is 0 Å². The molecule has 2 atom stereocenters. The Balaban J connectivity index is 1.46. The molecule has 39 heavy (non-hydrogen) atoms. The van der Waals surface area contributed by atoms with Crippen molar-refractivity contribution in [2.75, 3.05) is 38.9 Å². The SMILES string of the molecule is CCOC(=O)c1cnn2c(N(C)Cc3ccccc3)cc(-c3cnc4n(C5COC[C@@H]5OC)cccc3-4)nc12. The second-order valence-electron chi connectivity index (χ2n) is 9.56. The number of aromatic nitrogens is 5. The molecule has 2 aromatic heterocycles. The third kappa shape index (κ3) is 4.51. The number of carbonyl (C=O) groups is 1. The van der Waals surface area contributed by atoms with Gasteiger partial charge in [0.05, 0.1) is 37.8 Å². The van der Waals surface area contributed by atoms with Crippen molar-refractivity contribution >= 4 is 17.4 Å². The topological polar surface area (TPSA) is 96.0 Å². The zero-order valence-corrected chi connectivity index (χ0v) is 22.2. The molecule has 1 saturated heterocycles. The molecule has 3 aliphatic rings. The van der Waals surface area contributed by atoms with Gasteiger partial charge in [0.15, 0.2) is 5.65 Å². The van der Waals surface area contributed by atoms with Gasteiger partial charge in [-0.25, -0.2) is 14.8 Å². The van der Waals surface area contributed by atoms with Crippen LogP contribution in [-0.2, 0) is 20.8 Å². The summed E-state index contributed by atoms with van der Waals surface area (Å²) >= 11 is 0. The van der Waals surface area contributed by atoms with Crippen LogP contribution in [0.2, 0.25) is 0 Å². The number of benzene rings is 1. The monoisotopic (exact) mass is 526 g/mol. The third-order valence-electron chi connectivity index (χ3n) is 7.14. The van der Waals surface area contributed by atoms with Crippen LogP contribution < -0.4 is 4.90 Å². The Labute approximate surface area is 226 Å². The van der Waals surface area contributed by atoms with Crippen LogP contribution in [0.15, 0.2) is 67.1 Å². The lowest BCUT2D eigenvalue weighted by Crippen LogP contribution is -2.25. The third-order valence-corrected chi connectivity index (χ3v) is 7.14. The van der Waals surface area contributed by atoms with Crippen molar-refractivity contribution in [1.29, 1.82) is 0 Å². The molecule has 5 heterocycles. The molecule has 0 saturated carbocycles. The van der Waals surface area contributed by atoms with E-state index in [4.69, 9.17) is 24.2 Å². The van der Waals surface area contributed by atoms with Crippen molar-refractivity contribution < 1.29 is 19.0 Å². The van der Waals surface area contributed by atoms with E-state index in [9.17, 15) is 4.79 Å². The van der Waals surface area contributed by atoms with Gasteiger partial charge in [0.1, 0.15) is 23.3 Å². The highest BCUT2D eigenvalue weighted by atomic mass is 16.5. The number of rotatable bonds is 8. The molecule has 0 N–H and O–H groups in total. The van der Waals surface area contributed by atoms with Crippen LogP contribution in [0.4, 0.5) is 5.82 Å². The highest BCUT2D eigenvalue weighted by molar-refractivity contribution is 5.96. The van der Waals surface area contributed by atoms with Gasteiger partial charge in [-0.3, -0.25) is 0 Å². The minimum Gasteiger partial charge on any atom is -0.462 e. The van der Waals surface area contributed by atoms with Gasteiger partial charge in [0.25, 0.3) is 0 Å². The number of hydrogen-bond acceptors (Lipinski definition) is 8. The lowest BCUT2D eigenvalue weighted by molar-refractivity contribution is 0.0528. The van der Waals surface area contributed by atoms with Crippen LogP contribution in [-0.4, -0.2) is 70.2 Å². The van der Waals surface area contributed by atoms with Crippen molar-refractivity contribution in [3.8, 4) is 22.6 Å². The summed E-state index contributed by atoms with van der Waals surface area (Å²) in [5.74, 6) is 1.16. The minimum absolute atomic E-state index is 0.0229. The first-order valence-corrected chi connectivity index (χ1v) is 13.0. The maximum absolute atomic E-state index is 12.8. The Hall–Kier alpha value is -4.28. The quantitative estimate of drug-likeness (QED) is 0.279. The maximum atomic E-state index is 12.8. The summed E-state index contributed by atoms with van der Waals surface area (Å²) in [5.41, 5.74) is 4.40. The first kappa shape index (κ1) is 25.0. The van der Waals surface area contributed by atoms with Crippen molar-refractivity contribution in [2.45, 2.75) is 25.6 Å². The number of nitrogens with zero attached hydrogens (tertiary/aromatic N) is 6. The smallest absolute Gasteiger partial charge is 0.343 e. The van der Waals surface area contributed by atoms with Crippen LogP contribution in [0.25, 0.3) is 28.3 Å². The summed E-state index contributed by atoms with van der Waals surface area (Å²) in [4.78, 5) is 24.6. The van der Waals surface area contributed by atoms with Crippen molar-refractivity contribution in [3.63, 3.8) is 0 Å². The Morgan fingerprint density at radius 1 is 1.13 bits per heavy atom. The second kappa shape index (κ2) is 10.5. The predicted octanol–water partition coefficient (Wildman–Crippen LogP) is 4.10. The van der Waals surface area contributed by atoms with Crippen LogP contribution >= 0.6 is 0 Å². The van der Waals surface area contributed by atoms with E-state index in [1.54, 1.807) is 18.5 Å². The lowest BCUT2D eigenvalue weighted by Gasteiger charge is -2.22. The van der Waals surface area contributed by atoms with E-state index in [1.807, 2.05) is 55.8 Å². The summed E-state index contributed by atoms with van der Waals surface area (Å²) in [6.45, 7) is 3.80. The van der Waals surface area contributed by atoms with Gasteiger partial charge in [-0.15, -0.1) is 0 Å². The van der Waals surface area contributed by atoms with E-state index in [-0.39, 0.29) is 18.8 Å². The summed E-state index contributed by atoms with van der Waals surface area (Å²) in [6, 6.07) is 16.2. The Kier molecular flexibility index (Phi) is 6.72. The van der Waals surface area contributed by atoms with E-state index in [2.05, 4.69) is 26.7 Å². The van der Waals surface area contributed by atoms with Gasteiger partial charge >= 0.3 is 5.97 Å². The van der Waals surface area contributed by atoms with Crippen LogP contribution in [0.3, 0.4) is 0 Å². The summed E-state index contributed by atoms with van der Waals surface area (Å²) in [6.07, 6.45) is 5.31. The fraction of sp³-hybridized carbons (Fsp3) is 0.310. The number of esters is 1. The van der Waals surface area contributed by atoms with E-state index in [0.29, 0.717) is 36.7 Å². The molecule has 10 nitrogen and oxygen atoms in total. The summed E-state index contributed by atoms with van der Waals surface area (Å²) in [7, 11) is 3.70. The van der Waals surface area contributed by atoms with Crippen molar-refractivity contribution in [2.24, 2.45) is 0 Å². The fourth-order valence-electron chi connectivity index (χ4n) is 5.19. The molecule has 1 unspecified atom stereocenters. The van der Waals surface area contributed by atoms with Gasteiger partial charge < -0.3 is 23.7 Å². The first-order chi connectivity index (χ1) is 19.1. The molecule has 3 aromatic rings. The Bertz CT molecular complexity index is 1580. The molecule has 0 amide bonds. The average Bonchev–Trinajstić information content (AvgIpc) is 3.71. The highest BCUT2D eigenvalue weighted by Gasteiger charge is 2.32. The number of hydrogen-bond donors (Lipinski definition) is 0. The number of methoxy groups -OCH3 is 1. The standard InChI is InChI=1S/C29H30N6O4/c1-4-39-29(36)22-15-31-35-26(33(2)16-19-9-6-5-7-10-19)13-23(32-28(22)35)21-14-30-27-20(21)11-8-12-34(27)24-17-38-18-25(24)37-3/h5-15,24-25H,4,16-18H2,1-3H3/t24?,25-/m0/s1. The predicted molar refractivity (Wildman–Crippen MR) is 146 cm³/mol. The Morgan fingerprint density at radius 3 is 2.77 bits per heavy atom. The van der Waals surface area contributed by atoms with E-state index >= 15 is 0 Å². The first-order valence-electron chi connectivity index (χ1n) is 13.0. The van der Waals surface area contributed by atoms with Crippen molar-refractivity contribution in [1.82, 2.24) is 24.1 Å². The number of pyridine rings is 1. The fourth-order valence-corrected chi connectivity index (χ4v) is 5.19. The van der Waals surface area contributed by atoms with E-state index < -0.39 is 5.97 Å². The van der Waals surface area contributed by atoms with Gasteiger partial charge in [-0.2, -0.15) is 9.61 Å². The van der Waals surface area contributed by atoms with Crippen LogP contribution in [0.1, 0.15) is 28.9 Å². The molecule has 0 radical (unpaired) electrons. The van der Waals surface area contributed by atoms with Gasteiger partial charge in [-0.1, -0.05) is 30.3 Å². The zero-order valence-electron chi connectivity index (χ0n) is 22.2. The molecule has 200 valence electrons. The highest BCUT2D eigenvalue weighted by Crippen LogP contribution is 2.37. The molecular formula is C29H30N6O4. The minimum atomic E-state index is -0.455. The number of anilines is 1. The number of carbonyl (C=O) groups excluding carboxylic acids is 1. The molecule has 0 bridgehead atoms. The van der Waals surface area contributed by atoms with Gasteiger partial charge in [-0.05, 0) is 24.6 Å². The molecule has 1 aromatic carbocycles. The normalized spacial score (nSPS) is 17.2. The summed E-state index contributed by atoms with van der Waals surface area (Å²) < 4.78 is 20.5. The van der Waals surface area contributed by atoms with Crippen LogP contribution in [0, 0.1) is 0 Å². The number of fused-ring (bicyclic) bond motifs is 2. The van der Waals surface area contributed by atoms with E-state index in [1.165, 1.54) is 6.20 Å². The molecule has 3 aliphatic heterocycles. The molecular weight excluding hydrogens is 496 g/mol. The molecule has 1 fully saturated rings.